The van der Waals surface area contributed by atoms with Gasteiger partial charge in [-0.3, -0.25) is 4.79 Å². The van der Waals surface area contributed by atoms with Gasteiger partial charge in [-0.2, -0.15) is 13.2 Å². The third-order valence-electron chi connectivity index (χ3n) is 2.29. The average Bonchev–Trinajstić information content (AvgIpc) is 2.27. The standard InChI is InChI=1S/C14H19F3N2OS/c1-13(2,3)19-12(20)9-18-8-10-4-6-11(7-5-10)21-14(15,16)17/h4-7,18H,8-9H2,1-3H3,(H,19,20). The van der Waals surface area contributed by atoms with Crippen LogP contribution in [0.15, 0.2) is 29.2 Å². The van der Waals surface area contributed by atoms with Crippen molar-refractivity contribution in [1.82, 2.24) is 10.6 Å². The van der Waals surface area contributed by atoms with E-state index in [4.69, 9.17) is 0 Å². The Morgan fingerprint density at radius 1 is 1.14 bits per heavy atom. The fourth-order valence-electron chi connectivity index (χ4n) is 1.59. The molecule has 0 aliphatic heterocycles. The van der Waals surface area contributed by atoms with Gasteiger partial charge in [0.2, 0.25) is 5.91 Å². The number of rotatable bonds is 5. The Morgan fingerprint density at radius 2 is 1.71 bits per heavy atom. The van der Waals surface area contributed by atoms with Crippen molar-refractivity contribution >= 4 is 17.7 Å². The van der Waals surface area contributed by atoms with Gasteiger partial charge in [0.05, 0.1) is 6.54 Å². The van der Waals surface area contributed by atoms with Crippen LogP contribution >= 0.6 is 11.8 Å². The van der Waals surface area contributed by atoms with Gasteiger partial charge < -0.3 is 10.6 Å². The molecule has 0 aromatic heterocycles. The summed E-state index contributed by atoms with van der Waals surface area (Å²) in [6, 6.07) is 6.07. The zero-order chi connectivity index (χ0) is 16.1. The lowest BCUT2D eigenvalue weighted by Gasteiger charge is -2.20. The molecule has 0 fully saturated rings. The molecule has 7 heteroatoms. The monoisotopic (exact) mass is 320 g/mol. The zero-order valence-corrected chi connectivity index (χ0v) is 13.0. The molecule has 0 radical (unpaired) electrons. The van der Waals surface area contributed by atoms with E-state index in [9.17, 15) is 18.0 Å². The average molecular weight is 320 g/mol. The summed E-state index contributed by atoms with van der Waals surface area (Å²) in [7, 11) is 0. The molecular weight excluding hydrogens is 301 g/mol. The number of benzene rings is 1. The minimum Gasteiger partial charge on any atom is -0.350 e. The van der Waals surface area contributed by atoms with Crippen LogP contribution in [0.1, 0.15) is 26.3 Å². The molecule has 1 aromatic carbocycles. The Hall–Kier alpha value is -1.21. The highest BCUT2D eigenvalue weighted by atomic mass is 32.2. The van der Waals surface area contributed by atoms with Gasteiger partial charge in [-0.05, 0) is 50.2 Å². The van der Waals surface area contributed by atoms with Crippen molar-refractivity contribution in [3.63, 3.8) is 0 Å². The molecule has 0 spiro atoms. The van der Waals surface area contributed by atoms with Crippen molar-refractivity contribution in [1.29, 1.82) is 0 Å². The third-order valence-corrected chi connectivity index (χ3v) is 3.03. The highest BCUT2D eigenvalue weighted by Crippen LogP contribution is 2.36. The predicted molar refractivity (Wildman–Crippen MR) is 78.0 cm³/mol. The fraction of sp³-hybridized carbons (Fsp3) is 0.500. The van der Waals surface area contributed by atoms with E-state index in [1.165, 1.54) is 12.1 Å². The van der Waals surface area contributed by atoms with Crippen molar-refractivity contribution in [2.75, 3.05) is 6.54 Å². The van der Waals surface area contributed by atoms with Crippen molar-refractivity contribution in [3.8, 4) is 0 Å². The van der Waals surface area contributed by atoms with Crippen molar-refractivity contribution < 1.29 is 18.0 Å². The quantitative estimate of drug-likeness (QED) is 0.818. The molecular formula is C14H19F3N2OS. The maximum atomic E-state index is 12.2. The predicted octanol–water partition coefficient (Wildman–Crippen LogP) is 3.30. The second-order valence-electron chi connectivity index (χ2n) is 5.59. The van der Waals surface area contributed by atoms with Crippen LogP contribution in [0.5, 0.6) is 0 Å². The van der Waals surface area contributed by atoms with Gasteiger partial charge in [0.1, 0.15) is 0 Å². The topological polar surface area (TPSA) is 41.1 Å². The van der Waals surface area contributed by atoms with Gasteiger partial charge in [0.15, 0.2) is 0 Å². The summed E-state index contributed by atoms with van der Waals surface area (Å²) in [6.45, 7) is 6.26. The number of carbonyl (C=O) groups is 1. The normalized spacial score (nSPS) is 12.3. The molecule has 0 atom stereocenters. The Balaban J connectivity index is 2.38. The lowest BCUT2D eigenvalue weighted by atomic mass is 10.1. The Labute approximate surface area is 126 Å². The molecule has 0 saturated carbocycles. The maximum absolute atomic E-state index is 12.2. The second-order valence-corrected chi connectivity index (χ2v) is 6.73. The van der Waals surface area contributed by atoms with E-state index in [1.807, 2.05) is 20.8 Å². The van der Waals surface area contributed by atoms with E-state index in [-0.39, 0.29) is 34.6 Å². The molecule has 0 heterocycles. The minimum absolute atomic E-state index is 0.119. The first-order valence-corrected chi connectivity index (χ1v) is 7.23. The second kappa shape index (κ2) is 7.17. The molecule has 1 amide bonds. The molecule has 0 aliphatic rings. The minimum atomic E-state index is -4.27. The van der Waals surface area contributed by atoms with Crippen LogP contribution in [-0.2, 0) is 11.3 Å². The lowest BCUT2D eigenvalue weighted by molar-refractivity contribution is -0.121. The zero-order valence-electron chi connectivity index (χ0n) is 12.2. The number of carbonyl (C=O) groups excluding carboxylic acids is 1. The molecule has 118 valence electrons. The Bertz CT molecular complexity index is 467. The summed E-state index contributed by atoms with van der Waals surface area (Å²) in [5.41, 5.74) is -3.73. The van der Waals surface area contributed by atoms with Crippen LogP contribution in [-0.4, -0.2) is 23.5 Å². The number of thioether (sulfide) groups is 1. The van der Waals surface area contributed by atoms with Gasteiger partial charge in [-0.25, -0.2) is 0 Å². The van der Waals surface area contributed by atoms with Gasteiger partial charge in [0.25, 0.3) is 0 Å². The molecule has 3 nitrogen and oxygen atoms in total. The van der Waals surface area contributed by atoms with Gasteiger partial charge in [0, 0.05) is 17.0 Å². The molecule has 0 bridgehead atoms. The summed E-state index contributed by atoms with van der Waals surface area (Å²) in [4.78, 5) is 11.7. The van der Waals surface area contributed by atoms with E-state index in [0.717, 1.165) is 5.56 Å². The molecule has 1 rings (SSSR count). The number of hydrogen-bond donors (Lipinski definition) is 2. The fourth-order valence-corrected chi connectivity index (χ4v) is 2.13. The first kappa shape index (κ1) is 17.8. The summed E-state index contributed by atoms with van der Waals surface area (Å²) >= 11 is -0.140. The summed E-state index contributed by atoms with van der Waals surface area (Å²) in [5.74, 6) is -0.119. The van der Waals surface area contributed by atoms with Crippen LogP contribution < -0.4 is 10.6 Å². The first-order valence-electron chi connectivity index (χ1n) is 6.41. The summed E-state index contributed by atoms with van der Waals surface area (Å²) < 4.78 is 36.5. The van der Waals surface area contributed by atoms with Crippen molar-refractivity contribution in [3.05, 3.63) is 29.8 Å². The number of hydrogen-bond acceptors (Lipinski definition) is 3. The van der Waals surface area contributed by atoms with E-state index in [0.29, 0.717) is 6.54 Å². The van der Waals surface area contributed by atoms with E-state index in [1.54, 1.807) is 12.1 Å². The third kappa shape index (κ3) is 8.62. The largest absolute Gasteiger partial charge is 0.446 e. The summed E-state index contributed by atoms with van der Waals surface area (Å²) in [6.07, 6.45) is 0. The van der Waals surface area contributed by atoms with Crippen LogP contribution in [0.25, 0.3) is 0 Å². The molecule has 2 N–H and O–H groups in total. The number of nitrogens with one attached hydrogen (secondary N) is 2. The van der Waals surface area contributed by atoms with Crippen molar-refractivity contribution in [2.45, 2.75) is 43.3 Å². The van der Waals surface area contributed by atoms with Gasteiger partial charge in [-0.1, -0.05) is 12.1 Å². The Kier molecular flexibility index (Phi) is 6.10. The summed E-state index contributed by atoms with van der Waals surface area (Å²) in [5, 5.41) is 5.76. The number of alkyl halides is 3. The number of halogens is 3. The van der Waals surface area contributed by atoms with Crippen molar-refractivity contribution in [2.24, 2.45) is 0 Å². The van der Waals surface area contributed by atoms with E-state index in [2.05, 4.69) is 10.6 Å². The SMILES string of the molecule is CC(C)(C)NC(=O)CNCc1ccc(SC(F)(F)F)cc1. The molecule has 0 unspecified atom stereocenters. The molecule has 0 saturated heterocycles. The lowest BCUT2D eigenvalue weighted by Crippen LogP contribution is -2.44. The first-order chi connectivity index (χ1) is 9.55. The highest BCUT2D eigenvalue weighted by molar-refractivity contribution is 8.00. The van der Waals surface area contributed by atoms with Crippen LogP contribution in [0.2, 0.25) is 0 Å². The van der Waals surface area contributed by atoms with E-state index < -0.39 is 5.51 Å². The van der Waals surface area contributed by atoms with Gasteiger partial charge in [-0.15, -0.1) is 0 Å². The molecule has 21 heavy (non-hydrogen) atoms. The van der Waals surface area contributed by atoms with Gasteiger partial charge >= 0.3 is 5.51 Å². The smallest absolute Gasteiger partial charge is 0.350 e. The Morgan fingerprint density at radius 3 is 2.19 bits per heavy atom. The van der Waals surface area contributed by atoms with Crippen LogP contribution in [0.4, 0.5) is 13.2 Å². The van der Waals surface area contributed by atoms with Crippen LogP contribution in [0, 0.1) is 0 Å². The van der Waals surface area contributed by atoms with E-state index >= 15 is 0 Å². The maximum Gasteiger partial charge on any atom is 0.446 e. The van der Waals surface area contributed by atoms with Crippen LogP contribution in [0.3, 0.4) is 0 Å². The molecule has 1 aromatic rings. The molecule has 0 aliphatic carbocycles. The number of amides is 1. The highest BCUT2D eigenvalue weighted by Gasteiger charge is 2.28.